The van der Waals surface area contributed by atoms with Gasteiger partial charge in [0.15, 0.2) is 0 Å². The highest BCUT2D eigenvalue weighted by Crippen LogP contribution is 2.21. The molecule has 1 aromatic heterocycles. The van der Waals surface area contributed by atoms with Crippen LogP contribution in [0.15, 0.2) is 15.2 Å². The van der Waals surface area contributed by atoms with Gasteiger partial charge in [0.1, 0.15) is 11.9 Å². The van der Waals surface area contributed by atoms with Crippen LogP contribution in [0.1, 0.15) is 12.5 Å². The van der Waals surface area contributed by atoms with E-state index in [0.717, 1.165) is 16.9 Å². The van der Waals surface area contributed by atoms with Crippen LogP contribution in [0.5, 0.6) is 0 Å². The van der Waals surface area contributed by atoms with Crippen LogP contribution in [0.25, 0.3) is 0 Å². The summed E-state index contributed by atoms with van der Waals surface area (Å²) in [4.78, 5) is 2.18. The normalized spacial score (nSPS) is 12.9. The standard InChI is InChI=1S/C11H18BrN3OS/c1-8(11(13)14)16-4-3-15(2)6-9-5-10(12)17-7-9/h5,7-8H,3-4,6H2,1-2H3,(H3,13,14). The van der Waals surface area contributed by atoms with Crippen molar-refractivity contribution in [1.82, 2.24) is 4.90 Å². The average Bonchev–Trinajstić information content (AvgIpc) is 2.63. The van der Waals surface area contributed by atoms with E-state index in [9.17, 15) is 0 Å². The number of rotatable bonds is 7. The lowest BCUT2D eigenvalue weighted by Gasteiger charge is -2.17. The third-order valence-electron chi connectivity index (χ3n) is 2.35. The van der Waals surface area contributed by atoms with E-state index in [1.165, 1.54) is 5.56 Å². The van der Waals surface area contributed by atoms with E-state index in [0.29, 0.717) is 6.61 Å². The molecule has 1 aromatic rings. The fraction of sp³-hybridized carbons (Fsp3) is 0.545. The van der Waals surface area contributed by atoms with Crippen LogP contribution in [0.2, 0.25) is 0 Å². The molecule has 17 heavy (non-hydrogen) atoms. The average molecular weight is 320 g/mol. The molecule has 0 radical (unpaired) electrons. The Hall–Kier alpha value is -0.430. The molecule has 3 N–H and O–H groups in total. The van der Waals surface area contributed by atoms with Gasteiger partial charge in [-0.2, -0.15) is 0 Å². The van der Waals surface area contributed by atoms with Crippen LogP contribution in [-0.4, -0.2) is 37.0 Å². The molecule has 1 unspecified atom stereocenters. The minimum atomic E-state index is -0.293. The van der Waals surface area contributed by atoms with Crippen LogP contribution < -0.4 is 5.73 Å². The number of nitrogens with zero attached hydrogens (tertiary/aromatic N) is 1. The number of likely N-dealkylation sites (N-methyl/N-ethyl adjacent to an activating group) is 1. The molecular weight excluding hydrogens is 302 g/mol. The molecule has 1 atom stereocenters. The summed E-state index contributed by atoms with van der Waals surface area (Å²) in [5.41, 5.74) is 6.62. The predicted molar refractivity (Wildman–Crippen MR) is 75.7 cm³/mol. The maximum atomic E-state index is 7.20. The minimum Gasteiger partial charge on any atom is -0.385 e. The molecule has 4 nitrogen and oxygen atoms in total. The van der Waals surface area contributed by atoms with Gasteiger partial charge in [-0.1, -0.05) is 0 Å². The Balaban J connectivity index is 2.21. The number of amidine groups is 1. The molecule has 0 bridgehead atoms. The molecule has 0 spiro atoms. The summed E-state index contributed by atoms with van der Waals surface area (Å²) in [7, 11) is 2.05. The molecule has 1 rings (SSSR count). The van der Waals surface area contributed by atoms with Crippen LogP contribution in [0, 0.1) is 5.41 Å². The van der Waals surface area contributed by atoms with Crippen LogP contribution in [0.4, 0.5) is 0 Å². The maximum absolute atomic E-state index is 7.20. The number of ether oxygens (including phenoxy) is 1. The number of nitrogens with one attached hydrogen (secondary N) is 1. The van der Waals surface area contributed by atoms with Gasteiger partial charge >= 0.3 is 0 Å². The van der Waals surface area contributed by atoms with Gasteiger partial charge in [-0.05, 0) is 46.9 Å². The fourth-order valence-corrected chi connectivity index (χ4v) is 2.49. The van der Waals surface area contributed by atoms with E-state index in [-0.39, 0.29) is 11.9 Å². The number of thiophene rings is 1. The summed E-state index contributed by atoms with van der Waals surface area (Å²) in [6.07, 6.45) is -0.293. The summed E-state index contributed by atoms with van der Waals surface area (Å²) in [5, 5.41) is 9.34. The first-order valence-corrected chi connectivity index (χ1v) is 7.03. The zero-order chi connectivity index (χ0) is 12.8. The van der Waals surface area contributed by atoms with Crippen molar-refractivity contribution in [3.05, 3.63) is 20.8 Å². The van der Waals surface area contributed by atoms with Gasteiger partial charge in [-0.3, -0.25) is 10.3 Å². The van der Waals surface area contributed by atoms with E-state index >= 15 is 0 Å². The molecule has 6 heteroatoms. The fourth-order valence-electron chi connectivity index (χ4n) is 1.29. The van der Waals surface area contributed by atoms with Crippen LogP contribution >= 0.6 is 27.3 Å². The number of halogens is 1. The van der Waals surface area contributed by atoms with Crippen molar-refractivity contribution in [3.63, 3.8) is 0 Å². The molecule has 1 heterocycles. The Bertz CT molecular complexity index is 369. The van der Waals surface area contributed by atoms with E-state index in [2.05, 4.69) is 32.3 Å². The molecule has 0 aliphatic rings. The first-order valence-electron chi connectivity index (χ1n) is 5.36. The van der Waals surface area contributed by atoms with Crippen LogP contribution in [0.3, 0.4) is 0 Å². The van der Waals surface area contributed by atoms with Crippen molar-refractivity contribution in [1.29, 1.82) is 5.41 Å². The van der Waals surface area contributed by atoms with E-state index in [4.69, 9.17) is 15.9 Å². The lowest BCUT2D eigenvalue weighted by atomic mass is 10.3. The SMILES string of the molecule is CC(OCCN(C)Cc1csc(Br)c1)C(=N)N. The molecule has 0 saturated heterocycles. The summed E-state index contributed by atoms with van der Waals surface area (Å²) in [5.74, 6) is 0.0782. The molecule has 96 valence electrons. The predicted octanol–water partition coefficient (Wildman–Crippen LogP) is 2.28. The molecule has 0 aliphatic heterocycles. The Labute approximate surface area is 114 Å². The van der Waals surface area contributed by atoms with Crippen molar-refractivity contribution in [2.45, 2.75) is 19.6 Å². The van der Waals surface area contributed by atoms with Crippen molar-refractivity contribution < 1.29 is 4.74 Å². The minimum absolute atomic E-state index is 0.0782. The third kappa shape index (κ3) is 5.63. The second kappa shape index (κ2) is 7.10. The van der Waals surface area contributed by atoms with Crippen LogP contribution in [-0.2, 0) is 11.3 Å². The van der Waals surface area contributed by atoms with Gasteiger partial charge in [-0.15, -0.1) is 11.3 Å². The largest absolute Gasteiger partial charge is 0.385 e. The second-order valence-corrected chi connectivity index (χ2v) is 6.26. The zero-order valence-electron chi connectivity index (χ0n) is 10.1. The maximum Gasteiger partial charge on any atom is 0.120 e. The Kier molecular flexibility index (Phi) is 6.11. The molecule has 0 amide bonds. The van der Waals surface area contributed by atoms with E-state index < -0.39 is 0 Å². The molecule has 0 aromatic carbocycles. The van der Waals surface area contributed by atoms with Crippen molar-refractivity contribution in [2.75, 3.05) is 20.2 Å². The number of hydrogen-bond acceptors (Lipinski definition) is 4. The highest BCUT2D eigenvalue weighted by molar-refractivity contribution is 9.11. The van der Waals surface area contributed by atoms with Gasteiger partial charge in [0.25, 0.3) is 0 Å². The van der Waals surface area contributed by atoms with Crippen molar-refractivity contribution in [3.8, 4) is 0 Å². The zero-order valence-corrected chi connectivity index (χ0v) is 12.5. The third-order valence-corrected chi connectivity index (χ3v) is 3.91. The Morgan fingerprint density at radius 1 is 1.71 bits per heavy atom. The Morgan fingerprint density at radius 3 is 2.94 bits per heavy atom. The molecule has 0 fully saturated rings. The highest BCUT2D eigenvalue weighted by atomic mass is 79.9. The van der Waals surface area contributed by atoms with Gasteiger partial charge in [0.05, 0.1) is 10.4 Å². The summed E-state index contributed by atoms with van der Waals surface area (Å²) >= 11 is 5.14. The number of hydrogen-bond donors (Lipinski definition) is 2. The Morgan fingerprint density at radius 2 is 2.41 bits per heavy atom. The van der Waals surface area contributed by atoms with Crippen molar-refractivity contribution >= 4 is 33.1 Å². The van der Waals surface area contributed by atoms with Gasteiger partial charge in [0, 0.05) is 13.1 Å². The monoisotopic (exact) mass is 319 g/mol. The van der Waals surface area contributed by atoms with E-state index in [1.807, 2.05) is 7.05 Å². The van der Waals surface area contributed by atoms with E-state index in [1.54, 1.807) is 18.3 Å². The second-order valence-electron chi connectivity index (χ2n) is 3.97. The quantitative estimate of drug-likeness (QED) is 0.598. The summed E-state index contributed by atoms with van der Waals surface area (Å²) in [6.45, 7) is 4.10. The molecule has 0 aliphatic carbocycles. The van der Waals surface area contributed by atoms with Gasteiger partial charge < -0.3 is 10.5 Å². The topological polar surface area (TPSA) is 62.3 Å². The lowest BCUT2D eigenvalue weighted by Crippen LogP contribution is -2.31. The first-order chi connectivity index (χ1) is 7.99. The number of nitrogens with two attached hydrogens (primary N) is 1. The van der Waals surface area contributed by atoms with Gasteiger partial charge in [-0.25, -0.2) is 0 Å². The summed E-state index contributed by atoms with van der Waals surface area (Å²) in [6, 6.07) is 2.13. The molecular formula is C11H18BrN3OS. The molecule has 0 saturated carbocycles. The lowest BCUT2D eigenvalue weighted by molar-refractivity contribution is 0.0879. The van der Waals surface area contributed by atoms with Crippen molar-refractivity contribution in [2.24, 2.45) is 5.73 Å². The smallest absolute Gasteiger partial charge is 0.120 e. The van der Waals surface area contributed by atoms with Gasteiger partial charge in [0.2, 0.25) is 0 Å². The first kappa shape index (κ1) is 14.6. The summed E-state index contributed by atoms with van der Waals surface area (Å²) < 4.78 is 6.57. The highest BCUT2D eigenvalue weighted by Gasteiger charge is 2.06.